The molecular formula is C20H21F2N5. The number of hydrogen-bond donors (Lipinski definition) is 1. The first kappa shape index (κ1) is 17.6. The summed E-state index contributed by atoms with van der Waals surface area (Å²) in [5.41, 5.74) is 1.89. The molecule has 2 atom stereocenters. The molecule has 0 spiro atoms. The lowest BCUT2D eigenvalue weighted by molar-refractivity contribution is 0.292. The number of aromatic amines is 1. The number of likely N-dealkylation sites (N-methyl/N-ethyl adjacent to an activating group) is 1. The van der Waals surface area contributed by atoms with Gasteiger partial charge in [0.05, 0.1) is 0 Å². The predicted octanol–water partition coefficient (Wildman–Crippen LogP) is 3.28. The fourth-order valence-corrected chi connectivity index (χ4v) is 3.64. The van der Waals surface area contributed by atoms with Crippen molar-refractivity contribution in [2.24, 2.45) is 0 Å². The molecule has 0 saturated carbocycles. The van der Waals surface area contributed by atoms with Crippen molar-refractivity contribution < 1.29 is 8.78 Å². The molecule has 2 heterocycles. The molecule has 140 valence electrons. The molecule has 1 saturated heterocycles. The maximum atomic E-state index is 13.3. The van der Waals surface area contributed by atoms with Gasteiger partial charge in [0.2, 0.25) is 5.95 Å². The summed E-state index contributed by atoms with van der Waals surface area (Å²) in [7, 11) is 4.10. The van der Waals surface area contributed by atoms with Crippen LogP contribution in [0.1, 0.15) is 11.5 Å². The molecule has 0 amide bonds. The van der Waals surface area contributed by atoms with Crippen molar-refractivity contribution in [2.75, 3.05) is 32.1 Å². The minimum atomic E-state index is -0.283. The van der Waals surface area contributed by atoms with Gasteiger partial charge in [0, 0.05) is 30.6 Å². The van der Waals surface area contributed by atoms with Gasteiger partial charge in [-0.15, -0.1) is 5.10 Å². The number of nitrogens with one attached hydrogen (secondary N) is 1. The topological polar surface area (TPSA) is 48.0 Å². The first-order valence-electron chi connectivity index (χ1n) is 8.86. The van der Waals surface area contributed by atoms with E-state index in [1.54, 1.807) is 12.1 Å². The quantitative estimate of drug-likeness (QED) is 0.767. The number of H-pyrrole nitrogens is 1. The summed E-state index contributed by atoms with van der Waals surface area (Å²) in [5, 5.41) is 7.29. The molecule has 2 aromatic carbocycles. The third-order valence-corrected chi connectivity index (χ3v) is 5.12. The summed E-state index contributed by atoms with van der Waals surface area (Å²) >= 11 is 0. The Labute approximate surface area is 156 Å². The molecule has 0 bridgehead atoms. The Kier molecular flexibility index (Phi) is 4.61. The minimum Gasteiger partial charge on any atom is -0.337 e. The van der Waals surface area contributed by atoms with Crippen LogP contribution in [0.5, 0.6) is 0 Å². The van der Waals surface area contributed by atoms with Crippen LogP contribution in [0.3, 0.4) is 0 Å². The first-order chi connectivity index (χ1) is 13.0. The molecular weight excluding hydrogens is 348 g/mol. The molecule has 0 aliphatic carbocycles. The average Bonchev–Trinajstić information content (AvgIpc) is 3.30. The molecule has 3 aromatic rings. The van der Waals surface area contributed by atoms with Gasteiger partial charge in [0.25, 0.3) is 0 Å². The van der Waals surface area contributed by atoms with Crippen LogP contribution in [0.4, 0.5) is 14.7 Å². The smallest absolute Gasteiger partial charge is 0.245 e. The molecule has 1 fully saturated rings. The van der Waals surface area contributed by atoms with Gasteiger partial charge in [-0.3, -0.25) is 5.10 Å². The maximum Gasteiger partial charge on any atom is 0.245 e. The molecule has 1 aromatic heterocycles. The third kappa shape index (κ3) is 3.55. The normalized spacial score (nSPS) is 19.8. The van der Waals surface area contributed by atoms with E-state index in [1.807, 2.05) is 26.2 Å². The summed E-state index contributed by atoms with van der Waals surface area (Å²) in [6.07, 6.45) is 0. The van der Waals surface area contributed by atoms with Crippen molar-refractivity contribution in [3.8, 4) is 11.4 Å². The first-order valence-corrected chi connectivity index (χ1v) is 8.86. The lowest BCUT2D eigenvalue weighted by atomic mass is 9.94. The van der Waals surface area contributed by atoms with E-state index < -0.39 is 0 Å². The van der Waals surface area contributed by atoms with Gasteiger partial charge in [-0.2, -0.15) is 4.98 Å². The predicted molar refractivity (Wildman–Crippen MR) is 101 cm³/mol. The summed E-state index contributed by atoms with van der Waals surface area (Å²) in [6, 6.07) is 13.1. The van der Waals surface area contributed by atoms with Gasteiger partial charge in [0.1, 0.15) is 11.6 Å². The number of anilines is 1. The fraction of sp³-hybridized carbons (Fsp3) is 0.300. The van der Waals surface area contributed by atoms with Gasteiger partial charge in [0.15, 0.2) is 5.82 Å². The van der Waals surface area contributed by atoms with E-state index in [2.05, 4.69) is 25.0 Å². The van der Waals surface area contributed by atoms with Gasteiger partial charge in [-0.1, -0.05) is 12.1 Å². The zero-order valence-electron chi connectivity index (χ0n) is 15.2. The minimum absolute atomic E-state index is 0.229. The van der Waals surface area contributed by atoms with Gasteiger partial charge < -0.3 is 9.80 Å². The summed E-state index contributed by atoms with van der Waals surface area (Å²) in [6.45, 7) is 1.52. The van der Waals surface area contributed by atoms with E-state index >= 15 is 0 Å². The van der Waals surface area contributed by atoms with Crippen molar-refractivity contribution in [2.45, 2.75) is 12.0 Å². The van der Waals surface area contributed by atoms with Crippen molar-refractivity contribution in [1.29, 1.82) is 0 Å². The number of halogens is 2. The van der Waals surface area contributed by atoms with Gasteiger partial charge in [-0.05, 0) is 56.1 Å². The lowest BCUT2D eigenvalue weighted by Gasteiger charge is -2.25. The largest absolute Gasteiger partial charge is 0.337 e. The van der Waals surface area contributed by atoms with Crippen LogP contribution >= 0.6 is 0 Å². The van der Waals surface area contributed by atoms with E-state index in [1.165, 1.54) is 24.3 Å². The molecule has 7 heteroatoms. The zero-order valence-corrected chi connectivity index (χ0v) is 15.2. The zero-order chi connectivity index (χ0) is 19.0. The van der Waals surface area contributed by atoms with Crippen LogP contribution in [0.15, 0.2) is 48.5 Å². The van der Waals surface area contributed by atoms with E-state index in [0.717, 1.165) is 24.2 Å². The molecule has 1 N–H and O–H groups in total. The van der Waals surface area contributed by atoms with Crippen LogP contribution in [-0.2, 0) is 0 Å². The van der Waals surface area contributed by atoms with E-state index in [0.29, 0.717) is 11.8 Å². The molecule has 0 radical (unpaired) electrons. The van der Waals surface area contributed by atoms with Crippen molar-refractivity contribution in [3.05, 3.63) is 65.7 Å². The Morgan fingerprint density at radius 1 is 0.963 bits per heavy atom. The summed E-state index contributed by atoms with van der Waals surface area (Å²) in [4.78, 5) is 8.90. The summed E-state index contributed by atoms with van der Waals surface area (Å²) in [5.74, 6) is 0.942. The standard InChI is InChI=1S/C20H21F2N5/c1-26(2)18-12-27(11-17(18)13-3-7-15(21)8-4-13)20-23-19(24-25-20)14-5-9-16(22)10-6-14/h3-10,17-18H,11-12H2,1-2H3,(H,23,24,25)/t17-,18+/m0/s1. The van der Waals surface area contributed by atoms with E-state index in [9.17, 15) is 8.78 Å². The molecule has 1 aliphatic rings. The summed E-state index contributed by atoms with van der Waals surface area (Å²) < 4.78 is 26.4. The molecule has 5 nitrogen and oxygen atoms in total. The number of hydrogen-bond acceptors (Lipinski definition) is 4. The Bertz CT molecular complexity index is 905. The highest BCUT2D eigenvalue weighted by Crippen LogP contribution is 2.32. The van der Waals surface area contributed by atoms with Gasteiger partial charge in [-0.25, -0.2) is 8.78 Å². The number of nitrogens with zero attached hydrogens (tertiary/aromatic N) is 4. The monoisotopic (exact) mass is 369 g/mol. The number of rotatable bonds is 4. The second-order valence-electron chi connectivity index (χ2n) is 7.08. The van der Waals surface area contributed by atoms with Crippen LogP contribution in [-0.4, -0.2) is 53.3 Å². The molecule has 4 rings (SSSR count). The Morgan fingerprint density at radius 2 is 1.59 bits per heavy atom. The van der Waals surface area contributed by atoms with Crippen LogP contribution in [0.25, 0.3) is 11.4 Å². The van der Waals surface area contributed by atoms with Crippen molar-refractivity contribution >= 4 is 5.95 Å². The lowest BCUT2D eigenvalue weighted by Crippen LogP contribution is -2.34. The van der Waals surface area contributed by atoms with Crippen molar-refractivity contribution in [3.63, 3.8) is 0 Å². The number of aromatic nitrogens is 3. The van der Waals surface area contributed by atoms with Crippen LogP contribution in [0.2, 0.25) is 0 Å². The fourth-order valence-electron chi connectivity index (χ4n) is 3.64. The Balaban J connectivity index is 1.58. The molecule has 27 heavy (non-hydrogen) atoms. The Morgan fingerprint density at radius 3 is 2.22 bits per heavy atom. The Hall–Kier alpha value is -2.80. The van der Waals surface area contributed by atoms with Crippen LogP contribution < -0.4 is 4.90 Å². The van der Waals surface area contributed by atoms with Crippen molar-refractivity contribution in [1.82, 2.24) is 20.1 Å². The highest BCUT2D eigenvalue weighted by Gasteiger charge is 2.36. The SMILES string of the molecule is CN(C)[C@@H]1CN(c2n[nH]c(-c3ccc(F)cc3)n2)C[C@H]1c1ccc(F)cc1. The second kappa shape index (κ2) is 7.08. The molecule has 0 unspecified atom stereocenters. The van der Waals surface area contributed by atoms with E-state index in [4.69, 9.17) is 0 Å². The highest BCUT2D eigenvalue weighted by molar-refractivity contribution is 5.56. The maximum absolute atomic E-state index is 13.3. The van der Waals surface area contributed by atoms with E-state index in [-0.39, 0.29) is 23.6 Å². The molecule has 1 aliphatic heterocycles. The highest BCUT2D eigenvalue weighted by atomic mass is 19.1. The average molecular weight is 369 g/mol. The third-order valence-electron chi connectivity index (χ3n) is 5.12. The number of benzene rings is 2. The second-order valence-corrected chi connectivity index (χ2v) is 7.08. The van der Waals surface area contributed by atoms with Gasteiger partial charge >= 0.3 is 0 Å². The van der Waals surface area contributed by atoms with Crippen LogP contribution in [0, 0.1) is 11.6 Å².